The predicted octanol–water partition coefficient (Wildman–Crippen LogP) is 5.56. The number of halogens is 1. The highest BCUT2D eigenvalue weighted by atomic mass is 19.1. The second kappa shape index (κ2) is 8.62. The Hall–Kier alpha value is -3.40. The molecule has 3 aromatic carbocycles. The van der Waals surface area contributed by atoms with Crippen molar-refractivity contribution in [2.24, 2.45) is 5.92 Å². The molecule has 1 unspecified atom stereocenters. The van der Waals surface area contributed by atoms with E-state index in [2.05, 4.69) is 47.1 Å². The van der Waals surface area contributed by atoms with Gasteiger partial charge in [0.05, 0.1) is 0 Å². The minimum atomic E-state index is -0.210. The maximum absolute atomic E-state index is 13.8. The molecule has 0 radical (unpaired) electrons. The summed E-state index contributed by atoms with van der Waals surface area (Å²) < 4.78 is 16.1. The maximum atomic E-state index is 13.8. The summed E-state index contributed by atoms with van der Waals surface area (Å²) in [6.45, 7) is 3.27. The summed E-state index contributed by atoms with van der Waals surface area (Å²) in [4.78, 5) is 13.0. The van der Waals surface area contributed by atoms with E-state index in [1.54, 1.807) is 12.1 Å². The first-order valence-corrected chi connectivity index (χ1v) is 11.3. The van der Waals surface area contributed by atoms with Crippen LogP contribution in [0.1, 0.15) is 34.4 Å². The summed E-state index contributed by atoms with van der Waals surface area (Å²) in [5.41, 5.74) is 7.00. The number of aromatic nitrogens is 1. The number of para-hydroxylation sites is 1. The minimum absolute atomic E-state index is 0.0278. The fourth-order valence-corrected chi connectivity index (χ4v) is 4.96. The normalized spacial score (nSPS) is 15.5. The first-order chi connectivity index (χ1) is 15.6. The standard InChI is InChI=1S/C28H27FN2O/c1-19-7-2-3-9-22(19)17-30-28(32)21-13-14-27-25(16-21)24-11-4-5-12-26(24)31(27)18-20-8-6-10-23(29)15-20/h2-12,15,21H,13-14,16-18H2,1H3,(H,30,32). The molecule has 0 bridgehead atoms. The van der Waals surface area contributed by atoms with Crippen LogP contribution in [-0.2, 0) is 30.7 Å². The van der Waals surface area contributed by atoms with Gasteiger partial charge in [0, 0.05) is 35.6 Å². The van der Waals surface area contributed by atoms with Gasteiger partial charge in [-0.05, 0) is 66.6 Å². The first kappa shape index (κ1) is 20.5. The topological polar surface area (TPSA) is 34.0 Å². The van der Waals surface area contributed by atoms with E-state index < -0.39 is 0 Å². The highest BCUT2D eigenvalue weighted by molar-refractivity contribution is 5.88. The quantitative estimate of drug-likeness (QED) is 0.446. The molecule has 162 valence electrons. The molecule has 0 saturated carbocycles. The van der Waals surface area contributed by atoms with Gasteiger partial charge in [0.25, 0.3) is 0 Å². The van der Waals surface area contributed by atoms with Crippen molar-refractivity contribution >= 4 is 16.8 Å². The van der Waals surface area contributed by atoms with E-state index >= 15 is 0 Å². The van der Waals surface area contributed by atoms with Crippen molar-refractivity contribution in [1.82, 2.24) is 9.88 Å². The molecule has 1 amide bonds. The zero-order chi connectivity index (χ0) is 22.1. The lowest BCUT2D eigenvalue weighted by Crippen LogP contribution is -2.34. The van der Waals surface area contributed by atoms with Gasteiger partial charge in [-0.25, -0.2) is 4.39 Å². The van der Waals surface area contributed by atoms with Gasteiger partial charge in [-0.1, -0.05) is 54.6 Å². The molecule has 0 aliphatic heterocycles. The molecular weight excluding hydrogens is 399 g/mol. The van der Waals surface area contributed by atoms with Crippen molar-refractivity contribution in [3.63, 3.8) is 0 Å². The molecule has 0 saturated heterocycles. The summed E-state index contributed by atoms with van der Waals surface area (Å²) >= 11 is 0. The monoisotopic (exact) mass is 426 g/mol. The number of hydrogen-bond donors (Lipinski definition) is 1. The Morgan fingerprint density at radius 1 is 1.06 bits per heavy atom. The zero-order valence-electron chi connectivity index (χ0n) is 18.3. The van der Waals surface area contributed by atoms with Crippen LogP contribution in [0, 0.1) is 18.7 Å². The summed E-state index contributed by atoms with van der Waals surface area (Å²) in [5.74, 6) is -0.112. The van der Waals surface area contributed by atoms with Crippen molar-refractivity contribution in [3.8, 4) is 0 Å². The van der Waals surface area contributed by atoms with Gasteiger partial charge in [0.1, 0.15) is 5.82 Å². The van der Waals surface area contributed by atoms with E-state index in [4.69, 9.17) is 0 Å². The number of fused-ring (bicyclic) bond motifs is 3. The van der Waals surface area contributed by atoms with E-state index in [9.17, 15) is 9.18 Å². The molecule has 1 heterocycles. The van der Waals surface area contributed by atoms with Crippen LogP contribution >= 0.6 is 0 Å². The lowest BCUT2D eigenvalue weighted by atomic mass is 9.85. The van der Waals surface area contributed by atoms with Crippen molar-refractivity contribution in [2.75, 3.05) is 0 Å². The van der Waals surface area contributed by atoms with Crippen LogP contribution in [0.15, 0.2) is 72.8 Å². The van der Waals surface area contributed by atoms with Crippen LogP contribution in [0.5, 0.6) is 0 Å². The average molecular weight is 427 g/mol. The van der Waals surface area contributed by atoms with E-state index in [0.717, 1.165) is 35.9 Å². The van der Waals surface area contributed by atoms with Gasteiger partial charge in [-0.15, -0.1) is 0 Å². The van der Waals surface area contributed by atoms with Crippen LogP contribution < -0.4 is 5.32 Å². The van der Waals surface area contributed by atoms with Crippen LogP contribution in [0.2, 0.25) is 0 Å². The van der Waals surface area contributed by atoms with Crippen LogP contribution in [-0.4, -0.2) is 10.5 Å². The Kier molecular flexibility index (Phi) is 5.52. The Morgan fingerprint density at radius 3 is 2.72 bits per heavy atom. The van der Waals surface area contributed by atoms with Crippen LogP contribution in [0.4, 0.5) is 4.39 Å². The summed E-state index contributed by atoms with van der Waals surface area (Å²) in [7, 11) is 0. The first-order valence-electron chi connectivity index (χ1n) is 11.3. The third-order valence-corrected chi connectivity index (χ3v) is 6.69. The Labute approximate surface area is 187 Å². The molecule has 5 rings (SSSR count). The number of hydrogen-bond acceptors (Lipinski definition) is 1. The van der Waals surface area contributed by atoms with Gasteiger partial charge in [-0.2, -0.15) is 0 Å². The number of nitrogens with one attached hydrogen (secondary N) is 1. The number of aryl methyl sites for hydroxylation is 1. The predicted molar refractivity (Wildman–Crippen MR) is 126 cm³/mol. The maximum Gasteiger partial charge on any atom is 0.223 e. The average Bonchev–Trinajstić information content (AvgIpc) is 3.11. The molecule has 1 N–H and O–H groups in total. The highest BCUT2D eigenvalue weighted by Gasteiger charge is 2.29. The molecule has 4 heteroatoms. The second-order valence-electron chi connectivity index (χ2n) is 8.74. The van der Waals surface area contributed by atoms with Gasteiger partial charge >= 0.3 is 0 Å². The van der Waals surface area contributed by atoms with Gasteiger partial charge in [-0.3, -0.25) is 4.79 Å². The molecule has 1 atom stereocenters. The van der Waals surface area contributed by atoms with Crippen molar-refractivity contribution in [1.29, 1.82) is 0 Å². The lowest BCUT2D eigenvalue weighted by molar-refractivity contribution is -0.125. The zero-order valence-corrected chi connectivity index (χ0v) is 18.3. The largest absolute Gasteiger partial charge is 0.352 e. The summed E-state index contributed by atoms with van der Waals surface area (Å²) in [6, 6.07) is 23.3. The number of benzene rings is 3. The van der Waals surface area contributed by atoms with Crippen molar-refractivity contribution in [2.45, 2.75) is 39.3 Å². The molecule has 1 aliphatic rings. The third kappa shape index (κ3) is 3.93. The number of carbonyl (C=O) groups is 1. The van der Waals surface area contributed by atoms with Crippen molar-refractivity contribution in [3.05, 3.63) is 107 Å². The van der Waals surface area contributed by atoms with Gasteiger partial charge in [0.2, 0.25) is 5.91 Å². The highest BCUT2D eigenvalue weighted by Crippen LogP contribution is 2.35. The second-order valence-corrected chi connectivity index (χ2v) is 8.74. The number of carbonyl (C=O) groups excluding carboxylic acids is 1. The fourth-order valence-electron chi connectivity index (χ4n) is 4.96. The lowest BCUT2D eigenvalue weighted by Gasteiger charge is -2.24. The molecular formula is C28H27FN2O. The SMILES string of the molecule is Cc1ccccc1CNC(=O)C1CCc2c(c3ccccc3n2Cc2cccc(F)c2)C1. The van der Waals surface area contributed by atoms with Crippen molar-refractivity contribution < 1.29 is 9.18 Å². The number of amides is 1. The Balaban J connectivity index is 1.39. The molecule has 3 nitrogen and oxygen atoms in total. The Morgan fingerprint density at radius 2 is 1.88 bits per heavy atom. The third-order valence-electron chi connectivity index (χ3n) is 6.69. The molecule has 0 spiro atoms. The Bertz CT molecular complexity index is 1290. The molecule has 1 aliphatic carbocycles. The number of rotatable bonds is 5. The molecule has 0 fully saturated rings. The van der Waals surface area contributed by atoms with Crippen LogP contribution in [0.3, 0.4) is 0 Å². The summed E-state index contributed by atoms with van der Waals surface area (Å²) in [5, 5.41) is 4.36. The summed E-state index contributed by atoms with van der Waals surface area (Å²) in [6.07, 6.45) is 2.42. The van der Waals surface area contributed by atoms with Gasteiger partial charge < -0.3 is 9.88 Å². The molecule has 4 aromatic rings. The van der Waals surface area contributed by atoms with Crippen LogP contribution in [0.25, 0.3) is 10.9 Å². The smallest absolute Gasteiger partial charge is 0.223 e. The molecule has 1 aromatic heterocycles. The fraction of sp³-hybridized carbons (Fsp3) is 0.250. The minimum Gasteiger partial charge on any atom is -0.352 e. The van der Waals surface area contributed by atoms with E-state index in [1.807, 2.05) is 24.3 Å². The van der Waals surface area contributed by atoms with E-state index in [1.165, 1.54) is 28.3 Å². The number of nitrogens with zero attached hydrogens (tertiary/aromatic N) is 1. The van der Waals surface area contributed by atoms with E-state index in [0.29, 0.717) is 13.1 Å². The molecule has 32 heavy (non-hydrogen) atoms. The van der Waals surface area contributed by atoms with E-state index in [-0.39, 0.29) is 17.6 Å². The van der Waals surface area contributed by atoms with Gasteiger partial charge in [0.15, 0.2) is 0 Å².